The summed E-state index contributed by atoms with van der Waals surface area (Å²) in [6.45, 7) is 5.52. The van der Waals surface area contributed by atoms with Gasteiger partial charge in [0.25, 0.3) is 0 Å². The number of phenolic OH excluding ortho intramolecular Hbond substituents is 1. The Morgan fingerprint density at radius 3 is 2.14 bits per heavy atom. The van der Waals surface area contributed by atoms with Gasteiger partial charge in [0, 0.05) is 0 Å². The van der Waals surface area contributed by atoms with Crippen molar-refractivity contribution < 1.29 is 5.11 Å². The Hall–Kier alpha value is -1.80. The van der Waals surface area contributed by atoms with E-state index in [0.717, 1.165) is 12.5 Å². The predicted molar refractivity (Wildman–Crippen MR) is 88.5 cm³/mol. The van der Waals surface area contributed by atoms with Crippen LogP contribution in [-0.4, -0.2) is 11.7 Å². The summed E-state index contributed by atoms with van der Waals surface area (Å²) >= 11 is 0. The summed E-state index contributed by atoms with van der Waals surface area (Å²) in [6.07, 6.45) is 2.42. The standard InChI is InChI=1S/C19H25NO/c1-15(2)7-6-14-20-19(16-8-4-3-5-9-16)17-10-12-18(21)13-11-17/h3-5,8-13,15,19-21H,6-7,14H2,1-2H3. The van der Waals surface area contributed by atoms with Gasteiger partial charge in [-0.1, -0.05) is 56.3 Å². The second-order valence-corrected chi connectivity index (χ2v) is 5.93. The molecule has 0 saturated heterocycles. The molecule has 0 aliphatic carbocycles. The van der Waals surface area contributed by atoms with Crippen molar-refractivity contribution in [3.8, 4) is 5.75 Å². The van der Waals surface area contributed by atoms with Gasteiger partial charge in [0.15, 0.2) is 0 Å². The zero-order chi connectivity index (χ0) is 15.1. The van der Waals surface area contributed by atoms with Crippen LogP contribution in [0.25, 0.3) is 0 Å². The molecule has 2 aromatic carbocycles. The quantitative estimate of drug-likeness (QED) is 0.733. The minimum atomic E-state index is 0.180. The van der Waals surface area contributed by atoms with Crippen molar-refractivity contribution in [2.24, 2.45) is 5.92 Å². The van der Waals surface area contributed by atoms with E-state index >= 15 is 0 Å². The lowest BCUT2D eigenvalue weighted by atomic mass is 9.98. The number of hydrogen-bond acceptors (Lipinski definition) is 2. The van der Waals surface area contributed by atoms with E-state index < -0.39 is 0 Å². The molecule has 0 saturated carbocycles. The molecule has 0 heterocycles. The first-order chi connectivity index (χ1) is 10.2. The molecule has 0 bridgehead atoms. The third kappa shape index (κ3) is 4.91. The average Bonchev–Trinajstić information content (AvgIpc) is 2.49. The zero-order valence-electron chi connectivity index (χ0n) is 12.9. The van der Waals surface area contributed by atoms with Crippen molar-refractivity contribution in [1.29, 1.82) is 0 Å². The lowest BCUT2D eigenvalue weighted by Gasteiger charge is -2.20. The molecule has 21 heavy (non-hydrogen) atoms. The number of hydrogen-bond donors (Lipinski definition) is 2. The summed E-state index contributed by atoms with van der Waals surface area (Å²) in [6, 6.07) is 18.1. The molecule has 1 unspecified atom stereocenters. The first-order valence-electron chi connectivity index (χ1n) is 7.74. The van der Waals surface area contributed by atoms with E-state index in [1.807, 2.05) is 18.2 Å². The molecule has 0 spiro atoms. The molecular weight excluding hydrogens is 258 g/mol. The van der Waals surface area contributed by atoms with Crippen molar-refractivity contribution in [3.63, 3.8) is 0 Å². The fraction of sp³-hybridized carbons (Fsp3) is 0.368. The summed E-state index contributed by atoms with van der Waals surface area (Å²) in [5.74, 6) is 1.06. The van der Waals surface area contributed by atoms with Gasteiger partial charge in [-0.25, -0.2) is 0 Å². The van der Waals surface area contributed by atoms with Crippen LogP contribution in [0.1, 0.15) is 43.9 Å². The number of rotatable bonds is 7. The zero-order valence-corrected chi connectivity index (χ0v) is 12.9. The van der Waals surface area contributed by atoms with Crippen LogP contribution >= 0.6 is 0 Å². The maximum absolute atomic E-state index is 9.46. The fourth-order valence-electron chi connectivity index (χ4n) is 2.50. The molecule has 112 valence electrons. The van der Waals surface area contributed by atoms with Crippen LogP contribution in [0.2, 0.25) is 0 Å². The number of nitrogens with one attached hydrogen (secondary N) is 1. The summed E-state index contributed by atoms with van der Waals surface area (Å²) in [5.41, 5.74) is 2.44. The minimum Gasteiger partial charge on any atom is -0.508 e. The van der Waals surface area contributed by atoms with Crippen LogP contribution in [0.3, 0.4) is 0 Å². The molecule has 0 aliphatic heterocycles. The van der Waals surface area contributed by atoms with Crippen LogP contribution in [0, 0.1) is 5.92 Å². The van der Waals surface area contributed by atoms with E-state index in [2.05, 4.69) is 43.4 Å². The molecule has 0 radical (unpaired) electrons. The molecule has 2 aromatic rings. The largest absolute Gasteiger partial charge is 0.508 e. The normalized spacial score (nSPS) is 12.5. The highest BCUT2D eigenvalue weighted by molar-refractivity contribution is 5.34. The van der Waals surface area contributed by atoms with Crippen LogP contribution < -0.4 is 5.32 Å². The Kier molecular flexibility index (Phi) is 5.82. The molecule has 1 atom stereocenters. The van der Waals surface area contributed by atoms with E-state index in [9.17, 15) is 5.11 Å². The van der Waals surface area contributed by atoms with Gasteiger partial charge in [-0.15, -0.1) is 0 Å². The predicted octanol–water partition coefficient (Wildman–Crippen LogP) is 4.51. The number of aromatic hydroxyl groups is 1. The Morgan fingerprint density at radius 2 is 1.52 bits per heavy atom. The van der Waals surface area contributed by atoms with Gasteiger partial charge in [-0.3, -0.25) is 0 Å². The van der Waals surface area contributed by atoms with Crippen molar-refractivity contribution in [2.75, 3.05) is 6.54 Å². The Bertz CT molecular complexity index is 519. The summed E-state index contributed by atoms with van der Waals surface area (Å²) in [4.78, 5) is 0. The van der Waals surface area contributed by atoms with Crippen LogP contribution in [0.5, 0.6) is 5.75 Å². The van der Waals surface area contributed by atoms with Gasteiger partial charge in [0.2, 0.25) is 0 Å². The van der Waals surface area contributed by atoms with Gasteiger partial charge >= 0.3 is 0 Å². The SMILES string of the molecule is CC(C)CCCNC(c1ccccc1)c1ccc(O)cc1. The topological polar surface area (TPSA) is 32.3 Å². The highest BCUT2D eigenvalue weighted by Crippen LogP contribution is 2.23. The van der Waals surface area contributed by atoms with Crippen molar-refractivity contribution >= 4 is 0 Å². The number of benzene rings is 2. The Balaban J connectivity index is 2.09. The molecular formula is C19H25NO. The maximum atomic E-state index is 9.46. The molecule has 0 aliphatic rings. The van der Waals surface area contributed by atoms with E-state index in [-0.39, 0.29) is 6.04 Å². The van der Waals surface area contributed by atoms with Gasteiger partial charge in [-0.05, 0) is 48.6 Å². The van der Waals surface area contributed by atoms with Crippen LogP contribution in [0.4, 0.5) is 0 Å². The molecule has 0 amide bonds. The first-order valence-corrected chi connectivity index (χ1v) is 7.74. The van der Waals surface area contributed by atoms with Crippen molar-refractivity contribution in [3.05, 3.63) is 65.7 Å². The van der Waals surface area contributed by atoms with Gasteiger partial charge in [-0.2, -0.15) is 0 Å². The molecule has 0 fully saturated rings. The highest BCUT2D eigenvalue weighted by Gasteiger charge is 2.13. The van der Waals surface area contributed by atoms with E-state index in [4.69, 9.17) is 0 Å². The lowest BCUT2D eigenvalue weighted by molar-refractivity contribution is 0.474. The highest BCUT2D eigenvalue weighted by atomic mass is 16.3. The molecule has 2 rings (SSSR count). The minimum absolute atomic E-state index is 0.180. The van der Waals surface area contributed by atoms with Crippen molar-refractivity contribution in [1.82, 2.24) is 5.32 Å². The Morgan fingerprint density at radius 1 is 0.905 bits per heavy atom. The summed E-state index contributed by atoms with van der Waals surface area (Å²) < 4.78 is 0. The monoisotopic (exact) mass is 283 g/mol. The number of phenols is 1. The Labute approximate surface area is 127 Å². The van der Waals surface area contributed by atoms with Gasteiger partial charge in [0.05, 0.1) is 6.04 Å². The lowest BCUT2D eigenvalue weighted by Crippen LogP contribution is -2.23. The van der Waals surface area contributed by atoms with Gasteiger partial charge < -0.3 is 10.4 Å². The fourth-order valence-corrected chi connectivity index (χ4v) is 2.50. The second-order valence-electron chi connectivity index (χ2n) is 5.93. The molecule has 2 N–H and O–H groups in total. The third-order valence-electron chi connectivity index (χ3n) is 3.67. The molecule has 2 nitrogen and oxygen atoms in total. The van der Waals surface area contributed by atoms with Gasteiger partial charge in [0.1, 0.15) is 5.75 Å². The third-order valence-corrected chi connectivity index (χ3v) is 3.67. The molecule has 2 heteroatoms. The molecule has 0 aromatic heterocycles. The maximum Gasteiger partial charge on any atom is 0.115 e. The van der Waals surface area contributed by atoms with E-state index in [0.29, 0.717) is 5.75 Å². The van der Waals surface area contributed by atoms with Crippen LogP contribution in [0.15, 0.2) is 54.6 Å². The summed E-state index contributed by atoms with van der Waals surface area (Å²) in [5, 5.41) is 13.1. The van der Waals surface area contributed by atoms with E-state index in [1.165, 1.54) is 24.0 Å². The van der Waals surface area contributed by atoms with E-state index in [1.54, 1.807) is 12.1 Å². The van der Waals surface area contributed by atoms with Crippen molar-refractivity contribution in [2.45, 2.75) is 32.7 Å². The average molecular weight is 283 g/mol. The van der Waals surface area contributed by atoms with Crippen LogP contribution in [-0.2, 0) is 0 Å². The first kappa shape index (κ1) is 15.6. The smallest absolute Gasteiger partial charge is 0.115 e. The summed E-state index contributed by atoms with van der Waals surface area (Å²) in [7, 11) is 0. The second kappa shape index (κ2) is 7.84.